The van der Waals surface area contributed by atoms with Crippen LogP contribution in [0, 0.1) is 20.8 Å². The number of primary amides is 1. The van der Waals surface area contributed by atoms with Gasteiger partial charge in [-0.25, -0.2) is 13.4 Å². The number of hydrogen-bond donors (Lipinski definition) is 4. The fourth-order valence-electron chi connectivity index (χ4n) is 5.70. The van der Waals surface area contributed by atoms with Gasteiger partial charge in [-0.2, -0.15) is 4.72 Å². The maximum Gasteiger partial charge on any atom is 0.245 e. The van der Waals surface area contributed by atoms with Crippen LogP contribution in [0.3, 0.4) is 0 Å². The van der Waals surface area contributed by atoms with Crippen LogP contribution in [-0.2, 0) is 30.8 Å². The van der Waals surface area contributed by atoms with Crippen LogP contribution in [0.1, 0.15) is 47.9 Å². The van der Waals surface area contributed by atoms with Crippen molar-refractivity contribution < 1.29 is 27.5 Å². The Morgan fingerprint density at radius 3 is 2.36 bits per heavy atom. The van der Waals surface area contributed by atoms with E-state index in [0.29, 0.717) is 41.3 Å². The Morgan fingerprint density at radius 2 is 1.71 bits per heavy atom. The maximum absolute atomic E-state index is 13.7. The number of rotatable bonds is 11. The zero-order valence-corrected chi connectivity index (χ0v) is 27.5. The fraction of sp³-hybridized carbons (Fsp3) is 0.419. The number of benzene rings is 2. The topological polar surface area (TPSA) is 187 Å². The molecule has 2 aromatic carbocycles. The van der Waals surface area contributed by atoms with Crippen LogP contribution in [0.15, 0.2) is 41.4 Å². The van der Waals surface area contributed by atoms with Gasteiger partial charge in [0.25, 0.3) is 0 Å². The predicted molar refractivity (Wildman–Crippen MR) is 175 cm³/mol. The first-order valence-corrected chi connectivity index (χ1v) is 16.0. The molecule has 0 spiro atoms. The molecule has 3 aromatic rings. The van der Waals surface area contributed by atoms with Crippen LogP contribution in [-0.4, -0.2) is 68.3 Å². The van der Waals surface area contributed by atoms with Gasteiger partial charge in [0.15, 0.2) is 0 Å². The first-order valence-electron chi connectivity index (χ1n) is 14.5. The highest BCUT2D eigenvalue weighted by Gasteiger charge is 2.34. The number of aromatic nitrogens is 1. The number of anilines is 1. The van der Waals surface area contributed by atoms with E-state index in [0.717, 1.165) is 35.6 Å². The average Bonchev–Trinajstić information content (AvgIpc) is 2.98. The molecule has 1 fully saturated rings. The highest BCUT2D eigenvalue weighted by atomic mass is 35.5. The van der Waals surface area contributed by atoms with Crippen LogP contribution in [0.25, 0.3) is 10.8 Å². The summed E-state index contributed by atoms with van der Waals surface area (Å²) in [5.74, 6) is -1.10. The third-order valence-electron chi connectivity index (χ3n) is 8.07. The number of nitrogens with zero attached hydrogens (tertiary/aromatic N) is 2. The first kappa shape index (κ1) is 35.5. The summed E-state index contributed by atoms with van der Waals surface area (Å²) in [5.41, 5.74) is 13.7. The Morgan fingerprint density at radius 1 is 1.02 bits per heavy atom. The van der Waals surface area contributed by atoms with Gasteiger partial charge in [0.1, 0.15) is 23.7 Å². The van der Waals surface area contributed by atoms with Crippen molar-refractivity contribution in [2.24, 2.45) is 5.73 Å². The van der Waals surface area contributed by atoms with E-state index in [1.165, 1.54) is 7.11 Å². The molecule has 0 saturated carbocycles. The highest BCUT2D eigenvalue weighted by Crippen LogP contribution is 2.30. The molecule has 3 amide bonds. The summed E-state index contributed by atoms with van der Waals surface area (Å²) in [4.78, 5) is 45.2. The van der Waals surface area contributed by atoms with Gasteiger partial charge in [0, 0.05) is 31.1 Å². The van der Waals surface area contributed by atoms with E-state index in [1.54, 1.807) is 44.0 Å². The lowest BCUT2D eigenvalue weighted by Gasteiger charge is -2.31. The van der Waals surface area contributed by atoms with E-state index < -0.39 is 40.3 Å². The van der Waals surface area contributed by atoms with Crippen LogP contribution < -0.4 is 26.2 Å². The second-order valence-electron chi connectivity index (χ2n) is 11.2. The van der Waals surface area contributed by atoms with Gasteiger partial charge in [-0.15, -0.1) is 12.4 Å². The maximum atomic E-state index is 13.7. The molecule has 0 aliphatic carbocycles. The molecule has 1 unspecified atom stereocenters. The molecule has 4 rings (SSSR count). The van der Waals surface area contributed by atoms with Crippen molar-refractivity contribution in [2.45, 2.75) is 69.9 Å². The standard InChI is InChI=1S/C31H40N6O6S.ClH/c1-18-14-26(43-4)19(2)20(3)28(18)44(41,42)36-24(17-27(32)38)30(39)35-25(31(40)37-12-6-5-7-13-37)16-21-8-9-23-22(15-21)10-11-34-29(23)33;/h8-11,14-15,24-25,36H,5-7,12-13,16-17H2,1-4H3,(H2,32,38)(H2,33,34)(H,35,39);1H/t24-,25?;/m0./s1. The Kier molecular flexibility index (Phi) is 11.8. The quantitative estimate of drug-likeness (QED) is 0.241. The number of sulfonamides is 1. The number of nitrogens with one attached hydrogen (secondary N) is 2. The largest absolute Gasteiger partial charge is 0.496 e. The number of fused-ring (bicyclic) bond motifs is 1. The summed E-state index contributed by atoms with van der Waals surface area (Å²) in [6, 6.07) is 6.31. The van der Waals surface area contributed by atoms with E-state index in [-0.39, 0.29) is 29.6 Å². The van der Waals surface area contributed by atoms with Crippen molar-refractivity contribution in [2.75, 3.05) is 25.9 Å². The molecule has 2 atom stereocenters. The monoisotopic (exact) mass is 660 g/mol. The van der Waals surface area contributed by atoms with E-state index in [1.807, 2.05) is 18.2 Å². The lowest BCUT2D eigenvalue weighted by Crippen LogP contribution is -2.56. The Bertz CT molecular complexity index is 1690. The van der Waals surface area contributed by atoms with Crippen molar-refractivity contribution in [1.82, 2.24) is 19.9 Å². The van der Waals surface area contributed by atoms with Crippen molar-refractivity contribution in [3.8, 4) is 5.75 Å². The summed E-state index contributed by atoms with van der Waals surface area (Å²) in [7, 11) is -2.82. The molecule has 0 bridgehead atoms. The number of ether oxygens (including phenoxy) is 1. The van der Waals surface area contributed by atoms with Crippen LogP contribution >= 0.6 is 12.4 Å². The molecule has 2 heterocycles. The van der Waals surface area contributed by atoms with Crippen molar-refractivity contribution in [3.63, 3.8) is 0 Å². The second-order valence-corrected chi connectivity index (χ2v) is 12.9. The van der Waals surface area contributed by atoms with Crippen LogP contribution in [0.4, 0.5) is 5.82 Å². The zero-order valence-electron chi connectivity index (χ0n) is 25.9. The number of methoxy groups -OCH3 is 1. The third kappa shape index (κ3) is 8.21. The number of nitrogen functional groups attached to an aromatic ring is 1. The molecule has 45 heavy (non-hydrogen) atoms. The minimum atomic E-state index is -4.31. The first-order chi connectivity index (χ1) is 20.8. The molecule has 0 radical (unpaired) electrons. The number of likely N-dealkylation sites (tertiary alicyclic amines) is 1. The SMILES string of the molecule is COc1cc(C)c(S(=O)(=O)N[C@@H](CC(N)=O)C(=O)NC(Cc2ccc3c(N)nccc3c2)C(=O)N2CCCCC2)c(C)c1C.Cl. The number of piperidine rings is 1. The predicted octanol–water partition coefficient (Wildman–Crippen LogP) is 2.43. The van der Waals surface area contributed by atoms with Gasteiger partial charge in [0.05, 0.1) is 18.4 Å². The number of halogens is 1. The number of amides is 3. The zero-order chi connectivity index (χ0) is 32.2. The number of pyridine rings is 1. The number of hydrogen-bond acceptors (Lipinski definition) is 8. The molecular formula is C31H41ClN6O6S. The Labute approximate surface area is 269 Å². The molecule has 14 heteroatoms. The van der Waals surface area contributed by atoms with Gasteiger partial charge < -0.3 is 26.4 Å². The summed E-state index contributed by atoms with van der Waals surface area (Å²) < 4.78 is 35.0. The van der Waals surface area contributed by atoms with Gasteiger partial charge >= 0.3 is 0 Å². The lowest BCUT2D eigenvalue weighted by atomic mass is 10.00. The van der Waals surface area contributed by atoms with Crippen molar-refractivity contribution in [3.05, 3.63) is 58.8 Å². The molecule has 1 saturated heterocycles. The van der Waals surface area contributed by atoms with E-state index in [4.69, 9.17) is 16.2 Å². The van der Waals surface area contributed by atoms with Gasteiger partial charge in [-0.05, 0) is 79.8 Å². The van der Waals surface area contributed by atoms with Crippen molar-refractivity contribution >= 4 is 56.7 Å². The summed E-state index contributed by atoms with van der Waals surface area (Å²) in [5, 5.41) is 4.32. The second kappa shape index (κ2) is 14.9. The molecular weight excluding hydrogens is 620 g/mol. The van der Waals surface area contributed by atoms with Gasteiger partial charge in [-0.3, -0.25) is 14.4 Å². The molecule has 244 valence electrons. The fourth-order valence-corrected chi connectivity index (χ4v) is 7.42. The summed E-state index contributed by atoms with van der Waals surface area (Å²) in [6.07, 6.45) is 3.81. The molecule has 1 aliphatic heterocycles. The number of carbonyl (C=O) groups excluding carboxylic acids is 3. The van der Waals surface area contributed by atoms with E-state index in [2.05, 4.69) is 15.0 Å². The minimum absolute atomic E-state index is 0. The molecule has 12 nitrogen and oxygen atoms in total. The van der Waals surface area contributed by atoms with E-state index in [9.17, 15) is 22.8 Å². The highest BCUT2D eigenvalue weighted by molar-refractivity contribution is 7.89. The molecule has 1 aromatic heterocycles. The Balaban J connectivity index is 0.00000552. The smallest absolute Gasteiger partial charge is 0.245 e. The molecule has 6 N–H and O–H groups in total. The molecule has 1 aliphatic rings. The number of nitrogens with two attached hydrogens (primary N) is 2. The number of carbonyl (C=O) groups is 3. The Hall–Kier alpha value is -3.94. The van der Waals surface area contributed by atoms with Crippen molar-refractivity contribution in [1.29, 1.82) is 0 Å². The van der Waals surface area contributed by atoms with E-state index >= 15 is 0 Å². The normalized spacial score (nSPS) is 14.7. The van der Waals surface area contributed by atoms with Crippen LogP contribution in [0.5, 0.6) is 5.75 Å². The third-order valence-corrected chi connectivity index (χ3v) is 9.83. The summed E-state index contributed by atoms with van der Waals surface area (Å²) in [6.45, 7) is 6.10. The average molecular weight is 661 g/mol. The lowest BCUT2D eigenvalue weighted by molar-refractivity contribution is -0.137. The van der Waals surface area contributed by atoms with Gasteiger partial charge in [0.2, 0.25) is 27.7 Å². The number of aryl methyl sites for hydroxylation is 1. The summed E-state index contributed by atoms with van der Waals surface area (Å²) >= 11 is 0. The van der Waals surface area contributed by atoms with Gasteiger partial charge in [-0.1, -0.05) is 18.2 Å². The minimum Gasteiger partial charge on any atom is -0.496 e. The van der Waals surface area contributed by atoms with Crippen LogP contribution in [0.2, 0.25) is 0 Å².